The standard InChI is InChI=1S/C16H20N2O3S/c1-21-14-4-2-3-13(10-14)18-11-12(9-15(18)19)16(20)17-5-7-22-8-6-17/h2-4,10,12H,5-9,11H2,1H3/t12-/m0/s1. The number of carbonyl (C=O) groups is 2. The molecule has 1 aromatic rings. The summed E-state index contributed by atoms with van der Waals surface area (Å²) in [5.41, 5.74) is 0.800. The van der Waals surface area contributed by atoms with Crippen LogP contribution in [0.5, 0.6) is 5.75 Å². The fourth-order valence-corrected chi connectivity index (χ4v) is 3.85. The minimum Gasteiger partial charge on any atom is -0.497 e. The Morgan fingerprint density at radius 3 is 2.82 bits per heavy atom. The largest absolute Gasteiger partial charge is 0.497 e. The van der Waals surface area contributed by atoms with E-state index < -0.39 is 0 Å². The predicted octanol–water partition coefficient (Wildman–Crippen LogP) is 1.62. The number of nitrogens with zero attached hydrogens (tertiary/aromatic N) is 2. The Morgan fingerprint density at radius 2 is 2.09 bits per heavy atom. The summed E-state index contributed by atoms with van der Waals surface area (Å²) in [6.45, 7) is 2.06. The molecular weight excluding hydrogens is 300 g/mol. The summed E-state index contributed by atoms with van der Waals surface area (Å²) in [4.78, 5) is 28.4. The first-order valence-corrected chi connectivity index (χ1v) is 8.65. The molecule has 2 aliphatic rings. The highest BCUT2D eigenvalue weighted by atomic mass is 32.2. The molecule has 1 aromatic carbocycles. The highest BCUT2D eigenvalue weighted by Crippen LogP contribution is 2.29. The summed E-state index contributed by atoms with van der Waals surface area (Å²) in [5.74, 6) is 2.62. The smallest absolute Gasteiger partial charge is 0.228 e. The zero-order valence-electron chi connectivity index (χ0n) is 12.7. The molecule has 118 valence electrons. The molecule has 0 bridgehead atoms. The second-order valence-electron chi connectivity index (χ2n) is 5.54. The van der Waals surface area contributed by atoms with Crippen molar-refractivity contribution in [1.82, 2.24) is 4.90 Å². The summed E-state index contributed by atoms with van der Waals surface area (Å²) in [6.07, 6.45) is 0.305. The van der Waals surface area contributed by atoms with Crippen LogP contribution in [0.25, 0.3) is 0 Å². The first kappa shape index (κ1) is 15.2. The fourth-order valence-electron chi connectivity index (χ4n) is 2.94. The van der Waals surface area contributed by atoms with Crippen LogP contribution in [0.4, 0.5) is 5.69 Å². The molecule has 5 nitrogen and oxygen atoms in total. The highest BCUT2D eigenvalue weighted by molar-refractivity contribution is 7.99. The van der Waals surface area contributed by atoms with E-state index in [1.54, 1.807) is 12.0 Å². The molecular formula is C16H20N2O3S. The van der Waals surface area contributed by atoms with Crippen molar-refractivity contribution in [2.45, 2.75) is 6.42 Å². The average molecular weight is 320 g/mol. The monoisotopic (exact) mass is 320 g/mol. The van der Waals surface area contributed by atoms with E-state index in [0.29, 0.717) is 18.7 Å². The van der Waals surface area contributed by atoms with Crippen LogP contribution in [0, 0.1) is 5.92 Å². The van der Waals surface area contributed by atoms with Gasteiger partial charge in [0.25, 0.3) is 0 Å². The number of hydrogen-bond donors (Lipinski definition) is 0. The van der Waals surface area contributed by atoms with E-state index >= 15 is 0 Å². The Balaban J connectivity index is 1.71. The minimum atomic E-state index is -0.221. The third-order valence-electron chi connectivity index (χ3n) is 4.16. The van der Waals surface area contributed by atoms with Crippen LogP contribution in [0.15, 0.2) is 24.3 Å². The van der Waals surface area contributed by atoms with E-state index in [1.807, 2.05) is 40.9 Å². The summed E-state index contributed by atoms with van der Waals surface area (Å²) >= 11 is 1.88. The van der Waals surface area contributed by atoms with Crippen LogP contribution in [0.3, 0.4) is 0 Å². The van der Waals surface area contributed by atoms with Crippen molar-refractivity contribution >= 4 is 29.3 Å². The van der Waals surface area contributed by atoms with Gasteiger partial charge in [-0.2, -0.15) is 11.8 Å². The minimum absolute atomic E-state index is 0.0120. The fraction of sp³-hybridized carbons (Fsp3) is 0.500. The second-order valence-corrected chi connectivity index (χ2v) is 6.77. The summed E-state index contributed by atoms with van der Waals surface area (Å²) in [6, 6.07) is 7.42. The number of rotatable bonds is 3. The van der Waals surface area contributed by atoms with Crippen molar-refractivity contribution < 1.29 is 14.3 Å². The lowest BCUT2D eigenvalue weighted by Gasteiger charge is -2.28. The second kappa shape index (κ2) is 6.60. The number of anilines is 1. The zero-order valence-corrected chi connectivity index (χ0v) is 13.5. The van der Waals surface area contributed by atoms with Crippen molar-refractivity contribution in [3.63, 3.8) is 0 Å². The van der Waals surface area contributed by atoms with Gasteiger partial charge in [0.15, 0.2) is 0 Å². The maximum Gasteiger partial charge on any atom is 0.228 e. The van der Waals surface area contributed by atoms with Crippen LogP contribution in [0.1, 0.15) is 6.42 Å². The number of ether oxygens (including phenoxy) is 1. The van der Waals surface area contributed by atoms with Crippen molar-refractivity contribution in [2.75, 3.05) is 43.1 Å². The topological polar surface area (TPSA) is 49.9 Å². The van der Waals surface area contributed by atoms with Gasteiger partial charge in [0.2, 0.25) is 11.8 Å². The molecule has 0 N–H and O–H groups in total. The maximum absolute atomic E-state index is 12.6. The maximum atomic E-state index is 12.6. The van der Waals surface area contributed by atoms with E-state index in [1.165, 1.54) is 0 Å². The van der Waals surface area contributed by atoms with E-state index in [9.17, 15) is 9.59 Å². The SMILES string of the molecule is COc1cccc(N2C[C@@H](C(=O)N3CCSCC3)CC2=O)c1. The summed E-state index contributed by atoms with van der Waals surface area (Å²) in [5, 5.41) is 0. The van der Waals surface area contributed by atoms with Crippen molar-refractivity contribution in [3.05, 3.63) is 24.3 Å². The molecule has 1 atom stereocenters. The number of amides is 2. The highest BCUT2D eigenvalue weighted by Gasteiger charge is 2.37. The first-order chi connectivity index (χ1) is 10.7. The number of hydrogen-bond acceptors (Lipinski definition) is 4. The van der Waals surface area contributed by atoms with Gasteiger partial charge in [-0.25, -0.2) is 0 Å². The number of methoxy groups -OCH3 is 1. The Labute approximate surface area is 134 Å². The molecule has 2 amide bonds. The van der Waals surface area contributed by atoms with Gasteiger partial charge in [0.05, 0.1) is 13.0 Å². The molecule has 3 rings (SSSR count). The zero-order chi connectivity index (χ0) is 15.5. The molecule has 0 saturated carbocycles. The third kappa shape index (κ3) is 3.06. The van der Waals surface area contributed by atoms with Gasteiger partial charge in [-0.1, -0.05) is 6.07 Å². The molecule has 0 aromatic heterocycles. The van der Waals surface area contributed by atoms with Crippen LogP contribution in [0.2, 0.25) is 0 Å². The van der Waals surface area contributed by atoms with E-state index in [0.717, 1.165) is 30.3 Å². The van der Waals surface area contributed by atoms with Gasteiger partial charge in [0, 0.05) is 49.3 Å². The molecule has 0 spiro atoms. The van der Waals surface area contributed by atoms with Gasteiger partial charge in [0.1, 0.15) is 5.75 Å². The molecule has 2 fully saturated rings. The average Bonchev–Trinajstić information content (AvgIpc) is 2.97. The first-order valence-electron chi connectivity index (χ1n) is 7.50. The predicted molar refractivity (Wildman–Crippen MR) is 87.4 cm³/mol. The molecule has 22 heavy (non-hydrogen) atoms. The summed E-state index contributed by atoms with van der Waals surface area (Å²) < 4.78 is 5.20. The molecule has 0 aliphatic carbocycles. The van der Waals surface area contributed by atoms with E-state index in [4.69, 9.17) is 4.74 Å². The molecule has 2 saturated heterocycles. The van der Waals surface area contributed by atoms with Gasteiger partial charge in [-0.05, 0) is 12.1 Å². The lowest BCUT2D eigenvalue weighted by Crippen LogP contribution is -2.42. The van der Waals surface area contributed by atoms with Crippen LogP contribution < -0.4 is 9.64 Å². The number of carbonyl (C=O) groups excluding carboxylic acids is 2. The van der Waals surface area contributed by atoms with Crippen molar-refractivity contribution in [1.29, 1.82) is 0 Å². The normalized spacial score (nSPS) is 22.0. The Kier molecular flexibility index (Phi) is 4.57. The van der Waals surface area contributed by atoms with Crippen LogP contribution >= 0.6 is 11.8 Å². The van der Waals surface area contributed by atoms with Crippen molar-refractivity contribution in [2.24, 2.45) is 5.92 Å². The van der Waals surface area contributed by atoms with Crippen LogP contribution in [-0.4, -0.2) is 55.0 Å². The number of thioether (sulfide) groups is 1. The number of benzene rings is 1. The van der Waals surface area contributed by atoms with E-state index in [2.05, 4.69) is 0 Å². The van der Waals surface area contributed by atoms with E-state index in [-0.39, 0.29) is 17.7 Å². The summed E-state index contributed by atoms with van der Waals surface area (Å²) in [7, 11) is 1.60. The Bertz CT molecular complexity index is 572. The molecule has 0 radical (unpaired) electrons. The molecule has 2 aliphatic heterocycles. The molecule has 0 unspecified atom stereocenters. The lowest BCUT2D eigenvalue weighted by molar-refractivity contribution is -0.135. The Morgan fingerprint density at radius 1 is 1.32 bits per heavy atom. The Hall–Kier alpha value is -1.69. The molecule has 6 heteroatoms. The van der Waals surface area contributed by atoms with Gasteiger partial charge >= 0.3 is 0 Å². The van der Waals surface area contributed by atoms with Crippen LogP contribution in [-0.2, 0) is 9.59 Å². The van der Waals surface area contributed by atoms with Crippen molar-refractivity contribution in [3.8, 4) is 5.75 Å². The van der Waals surface area contributed by atoms with Gasteiger partial charge in [-0.15, -0.1) is 0 Å². The third-order valence-corrected chi connectivity index (χ3v) is 5.10. The lowest BCUT2D eigenvalue weighted by atomic mass is 10.1. The van der Waals surface area contributed by atoms with Gasteiger partial charge in [-0.3, -0.25) is 9.59 Å². The van der Waals surface area contributed by atoms with Gasteiger partial charge < -0.3 is 14.5 Å². The quantitative estimate of drug-likeness (QED) is 0.849. The molecule has 2 heterocycles.